The summed E-state index contributed by atoms with van der Waals surface area (Å²) in [7, 11) is 0. The Kier molecular flexibility index (Phi) is 35.6. The van der Waals surface area contributed by atoms with Gasteiger partial charge in [0.25, 0.3) is 0 Å². The molecule has 7 heterocycles. The molecular formula is C84H88F12IN2NaO14. The molecule has 3 N–H and O–H groups in total. The fourth-order valence-electron chi connectivity index (χ4n) is 11.8. The molecule has 1 saturated heterocycles. The Labute approximate surface area is 691 Å². The number of ether oxygens (including phenoxy) is 4. The molecule has 0 radical (unpaired) electrons. The van der Waals surface area contributed by atoms with Gasteiger partial charge >= 0.3 is 66.2 Å². The van der Waals surface area contributed by atoms with Crippen LogP contribution in [0.25, 0.3) is 45.3 Å². The van der Waals surface area contributed by atoms with Gasteiger partial charge in [-0.1, -0.05) is 68.1 Å². The number of aliphatic hydroxyl groups is 1. The number of aliphatic carboxylic acids is 1. The van der Waals surface area contributed by atoms with Crippen LogP contribution in [0, 0.1) is 0 Å². The first-order valence-electron chi connectivity index (χ1n) is 35.2. The van der Waals surface area contributed by atoms with Gasteiger partial charge in [0.05, 0.1) is 48.1 Å². The van der Waals surface area contributed by atoms with Crippen LogP contribution >= 0.6 is 24.0 Å². The number of esters is 1. The Morgan fingerprint density at radius 3 is 1.11 bits per heavy atom. The molecule has 1 atom stereocenters. The topological polar surface area (TPSA) is 218 Å². The van der Waals surface area contributed by atoms with Gasteiger partial charge in [-0.2, -0.15) is 52.7 Å². The molecule has 114 heavy (non-hydrogen) atoms. The quantitative estimate of drug-likeness (QED) is 0.0285. The minimum Gasteiger partial charge on any atom is -0.870 e. The first kappa shape index (κ1) is 95.9. The van der Waals surface area contributed by atoms with Crippen LogP contribution in [-0.2, 0) is 89.1 Å². The van der Waals surface area contributed by atoms with Crippen LogP contribution in [0.15, 0.2) is 200 Å². The van der Waals surface area contributed by atoms with Gasteiger partial charge in [0.15, 0.2) is 23.2 Å². The Morgan fingerprint density at radius 1 is 0.482 bits per heavy atom. The van der Waals surface area contributed by atoms with E-state index in [0.717, 1.165) is 124 Å². The van der Waals surface area contributed by atoms with E-state index in [0.29, 0.717) is 94.6 Å². The fourth-order valence-corrected chi connectivity index (χ4v) is 11.8. The van der Waals surface area contributed by atoms with Crippen molar-refractivity contribution in [3.63, 3.8) is 0 Å². The first-order chi connectivity index (χ1) is 52.0. The summed E-state index contributed by atoms with van der Waals surface area (Å²) in [5, 5.41) is 18.1. The summed E-state index contributed by atoms with van der Waals surface area (Å²) in [6.45, 7) is 15.8. The van der Waals surface area contributed by atoms with Crippen LogP contribution < -0.4 is 39.0 Å². The molecule has 3 aliphatic heterocycles. The molecule has 3 aliphatic rings. The Bertz CT molecular complexity index is 4640. The Balaban J connectivity index is 0.000000273. The van der Waals surface area contributed by atoms with Gasteiger partial charge < -0.3 is 52.3 Å². The standard InChI is InChI=1S/C28H30F3NO4.C26H26F3NO4.C12H9F3O2.C12H7F3O2.C5H10O.CH4.HI.Na.H2O/c1-4-34-26(33)27(2,3)36-23-10-7-19-13-15-32(16-14-21(19)17-23)18-24-11-12-25(35-24)20-5-8-22(9-6-20)28(29,30)31;1-25(2,24(31)32)34-21-8-5-17-11-13-30(14-12-19(17)15-21)16-22-9-10-23(33-22)18-3-6-20(7-4-18)26(27,28)29;2*13-12(14,15)9-3-1-8(2-4-9)11-6-5-10(7-16)17-11;1-5-3-2-4-6-5;;;;/h5-12,17H,4,13-16,18H2,1-3H3;3-10,15H,11-14,16H2,1-2H3,(H,31,32);1-6,16H,7H2;1-7H;5H,2-4H2,1H3;1H4;1H;;1H2/q;;;;;;;+1;/p-1. The number of carboxylic acid groups (broad SMARTS) is 1. The summed E-state index contributed by atoms with van der Waals surface area (Å²) in [5.41, 5.74) is 1.81. The summed E-state index contributed by atoms with van der Waals surface area (Å²) in [4.78, 5) is 38.5. The number of nitrogens with zero attached hydrogens (tertiary/aromatic N) is 2. The Hall–Kier alpha value is -8.66. The molecule has 1 fully saturated rings. The SMILES string of the molecule is C.CC(C)(Oc1ccc2c(c1)CCN(Cc1ccc(-c3ccc(C(F)(F)F)cc3)o1)CC2)C(=O)O.CC1CCCO1.CCOC(=O)C(C)(C)Oc1ccc2c(c1)CCN(Cc1ccc(-c3ccc(C(F)(F)F)cc3)o1)CC2.I.O=Cc1ccc(-c2ccc(C(F)(F)F)cc2)o1.OCc1ccc(-c2ccc(C(F)(F)F)cc2)o1.[Na+].[OH-]. The summed E-state index contributed by atoms with van der Waals surface area (Å²) in [6.07, 6.45) is -10.5. The van der Waals surface area contributed by atoms with Gasteiger partial charge in [0.1, 0.15) is 58.4 Å². The van der Waals surface area contributed by atoms with Crippen molar-refractivity contribution in [2.75, 3.05) is 39.4 Å². The third-order valence-corrected chi connectivity index (χ3v) is 18.0. The number of fused-ring (bicyclic) bond motifs is 2. The average Bonchev–Trinajstić information content (AvgIpc) is 1.64. The molecule has 0 aliphatic carbocycles. The number of halogens is 13. The molecule has 30 heteroatoms. The predicted molar refractivity (Wildman–Crippen MR) is 409 cm³/mol. The number of benzene rings is 6. The van der Waals surface area contributed by atoms with Crippen LogP contribution in [0.1, 0.15) is 134 Å². The zero-order valence-electron chi connectivity index (χ0n) is 62.8. The summed E-state index contributed by atoms with van der Waals surface area (Å²) < 4.78 is 195. The number of aliphatic hydroxyl groups excluding tert-OH is 1. The van der Waals surface area contributed by atoms with Gasteiger partial charge in [-0.3, -0.25) is 14.6 Å². The maximum Gasteiger partial charge on any atom is 1.00 e. The van der Waals surface area contributed by atoms with Crippen molar-refractivity contribution in [1.29, 1.82) is 0 Å². The molecule has 13 rings (SSSR count). The molecule has 1 unspecified atom stereocenters. The van der Waals surface area contributed by atoms with Gasteiger partial charge in [0, 0.05) is 55.0 Å². The van der Waals surface area contributed by atoms with E-state index in [-0.39, 0.29) is 78.8 Å². The Morgan fingerprint density at radius 2 is 0.816 bits per heavy atom. The van der Waals surface area contributed by atoms with Crippen LogP contribution in [0.3, 0.4) is 0 Å². The summed E-state index contributed by atoms with van der Waals surface area (Å²) >= 11 is 0. The molecule has 610 valence electrons. The maximum absolute atomic E-state index is 12.8. The third kappa shape index (κ3) is 27.8. The number of carboxylic acids is 1. The number of hydrogen-bond acceptors (Lipinski definition) is 15. The minimum absolute atomic E-state index is 0. The minimum atomic E-state index is -4.36. The second kappa shape index (κ2) is 42.3. The number of furan rings is 4. The zero-order chi connectivity index (χ0) is 79.8. The first-order valence-corrected chi connectivity index (χ1v) is 35.2. The molecule has 0 spiro atoms. The second-order valence-corrected chi connectivity index (χ2v) is 27.1. The number of rotatable bonds is 17. The van der Waals surface area contributed by atoms with Crippen molar-refractivity contribution in [3.8, 4) is 56.8 Å². The van der Waals surface area contributed by atoms with Crippen LogP contribution in [0.4, 0.5) is 52.7 Å². The molecule has 10 aromatic rings. The van der Waals surface area contributed by atoms with E-state index in [1.165, 1.54) is 104 Å². The number of carbonyl (C=O) groups excluding carboxylic acids is 2. The molecule has 6 aromatic carbocycles. The number of carbonyl (C=O) groups is 3. The van der Waals surface area contributed by atoms with Gasteiger partial charge in [-0.25, -0.2) is 9.59 Å². The molecule has 4 aromatic heterocycles. The van der Waals surface area contributed by atoms with Gasteiger partial charge in [0.2, 0.25) is 0 Å². The molecule has 0 bridgehead atoms. The monoisotopic (exact) mass is 1730 g/mol. The summed E-state index contributed by atoms with van der Waals surface area (Å²) in [6, 6.07) is 44.2. The molecule has 16 nitrogen and oxygen atoms in total. The van der Waals surface area contributed by atoms with Crippen molar-refractivity contribution in [2.24, 2.45) is 0 Å². The molecule has 0 amide bonds. The molecular weight excluding hydrogens is 1640 g/mol. The van der Waals surface area contributed by atoms with E-state index in [2.05, 4.69) is 16.7 Å². The summed E-state index contributed by atoms with van der Waals surface area (Å²) in [5.74, 6) is 3.63. The number of alkyl halides is 12. The van der Waals surface area contributed by atoms with Crippen molar-refractivity contribution >= 4 is 42.2 Å². The average molecular weight is 1730 g/mol. The molecule has 0 saturated carbocycles. The van der Waals surface area contributed by atoms with Crippen LogP contribution in [0.2, 0.25) is 0 Å². The van der Waals surface area contributed by atoms with Crippen molar-refractivity contribution in [1.82, 2.24) is 9.80 Å². The normalized spacial score (nSPS) is 14.4. The van der Waals surface area contributed by atoms with Crippen molar-refractivity contribution < 1.29 is 149 Å². The van der Waals surface area contributed by atoms with Crippen LogP contribution in [0.5, 0.6) is 11.5 Å². The maximum atomic E-state index is 12.8. The van der Waals surface area contributed by atoms with E-state index in [4.69, 9.17) is 41.7 Å². The van der Waals surface area contributed by atoms with E-state index in [9.17, 15) is 72.2 Å². The smallest absolute Gasteiger partial charge is 0.870 e. The van der Waals surface area contributed by atoms with Gasteiger partial charge in [-0.05, 0) is 224 Å². The predicted octanol–water partition coefficient (Wildman–Crippen LogP) is 18.6. The number of hydrogen-bond donors (Lipinski definition) is 2. The van der Waals surface area contributed by atoms with E-state index in [1.807, 2.05) is 48.5 Å². The van der Waals surface area contributed by atoms with E-state index < -0.39 is 70.1 Å². The van der Waals surface area contributed by atoms with E-state index >= 15 is 0 Å². The van der Waals surface area contributed by atoms with Gasteiger partial charge in [-0.15, -0.1) is 24.0 Å². The number of aldehydes is 1. The van der Waals surface area contributed by atoms with Crippen molar-refractivity contribution in [2.45, 2.75) is 149 Å². The second-order valence-electron chi connectivity index (χ2n) is 27.1. The largest absolute Gasteiger partial charge is 1.00 e. The van der Waals surface area contributed by atoms with Crippen molar-refractivity contribution in [3.05, 3.63) is 250 Å². The zero-order valence-corrected chi connectivity index (χ0v) is 67.1. The van der Waals surface area contributed by atoms with Crippen LogP contribution in [-0.4, -0.2) is 100 Å². The fraction of sp³-hybridized carbons (Fsp3) is 0.345. The van der Waals surface area contributed by atoms with E-state index in [1.54, 1.807) is 45.0 Å². The third-order valence-electron chi connectivity index (χ3n) is 18.0.